The van der Waals surface area contributed by atoms with Crippen molar-refractivity contribution in [3.63, 3.8) is 0 Å². The standard InChI is InChI=1S/C4H8O4/c5-1-2-7-4-3(6)8-4/h3-6H,1-2H2. The first kappa shape index (κ1) is 5.97. The van der Waals surface area contributed by atoms with E-state index < -0.39 is 12.6 Å². The Bertz CT molecular complexity index is 74.4. The Morgan fingerprint density at radius 1 is 1.62 bits per heavy atom. The van der Waals surface area contributed by atoms with E-state index in [1.165, 1.54) is 0 Å². The predicted molar refractivity (Wildman–Crippen MR) is 23.9 cm³/mol. The van der Waals surface area contributed by atoms with Crippen LogP contribution in [0.15, 0.2) is 0 Å². The Labute approximate surface area is 46.6 Å². The summed E-state index contributed by atoms with van der Waals surface area (Å²) < 4.78 is 9.13. The molecule has 1 aliphatic rings. The van der Waals surface area contributed by atoms with Crippen LogP contribution in [0.3, 0.4) is 0 Å². The molecule has 4 heteroatoms. The predicted octanol–water partition coefficient (Wildman–Crippen LogP) is -1.33. The van der Waals surface area contributed by atoms with Crippen molar-refractivity contribution < 1.29 is 19.7 Å². The SMILES string of the molecule is OCCOC1OC1O. The van der Waals surface area contributed by atoms with Gasteiger partial charge in [-0.25, -0.2) is 0 Å². The fraction of sp³-hybridized carbons (Fsp3) is 1.00. The fourth-order valence-corrected chi connectivity index (χ4v) is 0.383. The number of hydrogen-bond acceptors (Lipinski definition) is 4. The quantitative estimate of drug-likeness (QED) is 0.453. The maximum absolute atomic E-state index is 8.42. The average Bonchev–Trinajstić information content (AvgIpc) is 2.42. The lowest BCUT2D eigenvalue weighted by Crippen LogP contribution is -2.03. The number of hydrogen-bond donors (Lipinski definition) is 2. The van der Waals surface area contributed by atoms with Crippen LogP contribution in [0.2, 0.25) is 0 Å². The molecule has 1 rings (SSSR count). The van der Waals surface area contributed by atoms with Gasteiger partial charge in [0.1, 0.15) is 0 Å². The van der Waals surface area contributed by atoms with Crippen molar-refractivity contribution in [1.29, 1.82) is 0 Å². The number of ether oxygens (including phenoxy) is 2. The second-order valence-corrected chi connectivity index (χ2v) is 1.49. The molecule has 1 heterocycles. The van der Waals surface area contributed by atoms with E-state index in [1.807, 2.05) is 0 Å². The number of epoxide rings is 1. The third kappa shape index (κ3) is 1.41. The van der Waals surface area contributed by atoms with E-state index in [1.54, 1.807) is 0 Å². The van der Waals surface area contributed by atoms with Crippen LogP contribution in [0.5, 0.6) is 0 Å². The molecule has 2 N–H and O–H groups in total. The first-order valence-corrected chi connectivity index (χ1v) is 2.40. The molecule has 0 aromatic heterocycles. The summed E-state index contributed by atoms with van der Waals surface area (Å²) in [5.41, 5.74) is 0. The Morgan fingerprint density at radius 3 is 2.62 bits per heavy atom. The van der Waals surface area contributed by atoms with Gasteiger partial charge in [-0.05, 0) is 0 Å². The topological polar surface area (TPSA) is 62.2 Å². The molecule has 1 aliphatic heterocycles. The van der Waals surface area contributed by atoms with Crippen molar-refractivity contribution in [3.05, 3.63) is 0 Å². The van der Waals surface area contributed by atoms with E-state index in [0.717, 1.165) is 0 Å². The maximum atomic E-state index is 8.42. The Morgan fingerprint density at radius 2 is 2.25 bits per heavy atom. The summed E-state index contributed by atoms with van der Waals surface area (Å²) in [7, 11) is 0. The summed E-state index contributed by atoms with van der Waals surface area (Å²) in [6.45, 7) is 0.189. The number of aliphatic hydroxyl groups is 2. The monoisotopic (exact) mass is 120 g/mol. The van der Waals surface area contributed by atoms with Gasteiger partial charge in [-0.3, -0.25) is 0 Å². The summed E-state index contributed by atoms with van der Waals surface area (Å²) in [6, 6.07) is 0. The molecule has 1 saturated heterocycles. The minimum Gasteiger partial charge on any atom is -0.394 e. The van der Waals surface area contributed by atoms with Crippen LogP contribution in [0.1, 0.15) is 0 Å². The molecule has 0 bridgehead atoms. The molecule has 2 atom stereocenters. The highest BCUT2D eigenvalue weighted by Crippen LogP contribution is 2.18. The van der Waals surface area contributed by atoms with E-state index >= 15 is 0 Å². The molecule has 0 aromatic carbocycles. The largest absolute Gasteiger partial charge is 0.394 e. The Balaban J connectivity index is 1.89. The van der Waals surface area contributed by atoms with Gasteiger partial charge >= 0.3 is 0 Å². The minimum atomic E-state index is -0.762. The minimum absolute atomic E-state index is 0.0351. The van der Waals surface area contributed by atoms with Crippen LogP contribution in [0.25, 0.3) is 0 Å². The van der Waals surface area contributed by atoms with Crippen molar-refractivity contribution in [3.8, 4) is 0 Å². The second kappa shape index (κ2) is 2.41. The van der Waals surface area contributed by atoms with Crippen LogP contribution in [-0.2, 0) is 9.47 Å². The van der Waals surface area contributed by atoms with E-state index in [9.17, 15) is 0 Å². The van der Waals surface area contributed by atoms with Crippen LogP contribution in [0.4, 0.5) is 0 Å². The molecule has 0 amide bonds. The van der Waals surface area contributed by atoms with E-state index in [4.69, 9.17) is 14.9 Å². The Hall–Kier alpha value is -0.160. The van der Waals surface area contributed by atoms with Gasteiger partial charge in [0.25, 0.3) is 0 Å². The molecule has 2 unspecified atom stereocenters. The van der Waals surface area contributed by atoms with Gasteiger partial charge in [-0.2, -0.15) is 0 Å². The summed E-state index contributed by atoms with van der Waals surface area (Å²) in [4.78, 5) is 0. The maximum Gasteiger partial charge on any atom is 0.212 e. The Kier molecular flexibility index (Phi) is 1.80. The zero-order valence-electron chi connectivity index (χ0n) is 4.28. The van der Waals surface area contributed by atoms with E-state index in [0.29, 0.717) is 0 Å². The van der Waals surface area contributed by atoms with Crippen molar-refractivity contribution in [1.82, 2.24) is 0 Å². The molecular formula is C4H8O4. The van der Waals surface area contributed by atoms with Crippen LogP contribution in [0, 0.1) is 0 Å². The fourth-order valence-electron chi connectivity index (χ4n) is 0.383. The van der Waals surface area contributed by atoms with Gasteiger partial charge in [0, 0.05) is 0 Å². The van der Waals surface area contributed by atoms with E-state index in [2.05, 4.69) is 4.74 Å². The average molecular weight is 120 g/mol. The third-order valence-electron chi connectivity index (χ3n) is 0.803. The van der Waals surface area contributed by atoms with Crippen molar-refractivity contribution in [2.24, 2.45) is 0 Å². The zero-order valence-corrected chi connectivity index (χ0v) is 4.28. The summed E-state index contributed by atoms with van der Waals surface area (Å²) in [5.74, 6) is 0. The molecule has 8 heavy (non-hydrogen) atoms. The molecule has 0 spiro atoms. The molecule has 4 nitrogen and oxygen atoms in total. The van der Waals surface area contributed by atoms with Crippen LogP contribution >= 0.6 is 0 Å². The molecule has 0 saturated carbocycles. The molecule has 0 radical (unpaired) electrons. The van der Waals surface area contributed by atoms with Crippen molar-refractivity contribution >= 4 is 0 Å². The number of aliphatic hydroxyl groups excluding tert-OH is 2. The summed E-state index contributed by atoms with van der Waals surface area (Å²) >= 11 is 0. The lowest BCUT2D eigenvalue weighted by Gasteiger charge is -1.91. The van der Waals surface area contributed by atoms with E-state index in [-0.39, 0.29) is 13.2 Å². The van der Waals surface area contributed by atoms with Gasteiger partial charge in [-0.1, -0.05) is 0 Å². The first-order chi connectivity index (χ1) is 3.84. The highest BCUT2D eigenvalue weighted by molar-refractivity contribution is 4.62. The summed E-state index contributed by atoms with van der Waals surface area (Å²) in [6.07, 6.45) is -1.25. The highest BCUT2D eigenvalue weighted by atomic mass is 16.8. The number of rotatable bonds is 3. The first-order valence-electron chi connectivity index (χ1n) is 2.40. The van der Waals surface area contributed by atoms with Gasteiger partial charge in [0.15, 0.2) is 0 Å². The van der Waals surface area contributed by atoms with Gasteiger partial charge in [-0.15, -0.1) is 0 Å². The van der Waals surface area contributed by atoms with Crippen molar-refractivity contribution in [2.75, 3.05) is 13.2 Å². The smallest absolute Gasteiger partial charge is 0.212 e. The van der Waals surface area contributed by atoms with Gasteiger partial charge in [0.05, 0.1) is 13.2 Å². The van der Waals surface area contributed by atoms with Gasteiger partial charge in [0.2, 0.25) is 12.6 Å². The van der Waals surface area contributed by atoms with Crippen LogP contribution in [-0.4, -0.2) is 36.0 Å². The zero-order chi connectivity index (χ0) is 5.98. The third-order valence-corrected chi connectivity index (χ3v) is 0.803. The molecule has 0 aromatic rings. The summed E-state index contributed by atoms with van der Waals surface area (Å²) in [5, 5.41) is 16.6. The molecule has 1 fully saturated rings. The molecular weight excluding hydrogens is 112 g/mol. The van der Waals surface area contributed by atoms with Crippen LogP contribution < -0.4 is 0 Å². The van der Waals surface area contributed by atoms with Gasteiger partial charge < -0.3 is 19.7 Å². The lowest BCUT2D eigenvalue weighted by molar-refractivity contribution is 0.0270. The molecule has 0 aliphatic carbocycles. The van der Waals surface area contributed by atoms with Crippen molar-refractivity contribution in [2.45, 2.75) is 12.6 Å². The highest BCUT2D eigenvalue weighted by Gasteiger charge is 2.37. The normalized spacial score (nSPS) is 35.2. The molecule has 48 valence electrons. The second-order valence-electron chi connectivity index (χ2n) is 1.49. The lowest BCUT2D eigenvalue weighted by atomic mass is 10.7.